The highest BCUT2D eigenvalue weighted by Crippen LogP contribution is 2.31. The van der Waals surface area contributed by atoms with Gasteiger partial charge in [0.1, 0.15) is 11.5 Å². The summed E-state index contributed by atoms with van der Waals surface area (Å²) in [5, 5.41) is 17.2. The number of halogens is 2. The number of carbonyl (C=O) groups is 1. The molecule has 0 atom stereocenters. The Labute approximate surface area is 129 Å². The predicted octanol–water partition coefficient (Wildman–Crippen LogP) is 3.43. The molecule has 0 saturated heterocycles. The summed E-state index contributed by atoms with van der Waals surface area (Å²) in [5.41, 5.74) is 0.981. The number of hydrogen-bond acceptors (Lipinski definition) is 3. The van der Waals surface area contributed by atoms with E-state index in [1.54, 1.807) is 24.3 Å². The average molecular weight is 318 g/mol. The van der Waals surface area contributed by atoms with Crippen LogP contribution < -0.4 is 0 Å². The molecule has 1 aromatic heterocycles. The molecule has 0 radical (unpaired) electrons. The topological polar surface area (TPSA) is 68.0 Å². The molecule has 0 aliphatic rings. The molecule has 0 fully saturated rings. The van der Waals surface area contributed by atoms with E-state index in [9.17, 15) is 14.3 Å². The summed E-state index contributed by atoms with van der Waals surface area (Å²) in [6.45, 7) is 0. The maximum absolute atomic E-state index is 13.1. The van der Waals surface area contributed by atoms with Crippen LogP contribution in [0.15, 0.2) is 48.5 Å². The molecule has 22 heavy (non-hydrogen) atoms. The minimum atomic E-state index is -1.22. The monoisotopic (exact) mass is 317 g/mol. The fourth-order valence-electron chi connectivity index (χ4n) is 2.08. The minimum Gasteiger partial charge on any atom is -0.476 e. The number of benzene rings is 2. The normalized spacial score (nSPS) is 10.6. The van der Waals surface area contributed by atoms with E-state index in [4.69, 9.17) is 11.6 Å². The smallest absolute Gasteiger partial charge is 0.358 e. The van der Waals surface area contributed by atoms with Crippen LogP contribution in [0.2, 0.25) is 5.02 Å². The van der Waals surface area contributed by atoms with E-state index in [2.05, 4.69) is 10.3 Å². The number of carboxylic acids is 1. The molecule has 5 nitrogen and oxygen atoms in total. The van der Waals surface area contributed by atoms with Crippen LogP contribution in [0, 0.1) is 5.82 Å². The third kappa shape index (κ3) is 2.44. The minimum absolute atomic E-state index is 0.225. The van der Waals surface area contributed by atoms with E-state index in [-0.39, 0.29) is 11.4 Å². The number of nitrogens with zero attached hydrogens (tertiary/aromatic N) is 3. The van der Waals surface area contributed by atoms with E-state index in [0.717, 1.165) is 0 Å². The lowest BCUT2D eigenvalue weighted by atomic mass is 10.1. The Kier molecular flexibility index (Phi) is 3.60. The van der Waals surface area contributed by atoms with Gasteiger partial charge < -0.3 is 5.11 Å². The van der Waals surface area contributed by atoms with Crippen molar-refractivity contribution in [2.75, 3.05) is 0 Å². The van der Waals surface area contributed by atoms with Gasteiger partial charge in [-0.1, -0.05) is 35.0 Å². The largest absolute Gasteiger partial charge is 0.476 e. The average Bonchev–Trinajstić information content (AvgIpc) is 2.93. The van der Waals surface area contributed by atoms with Crippen molar-refractivity contribution in [3.63, 3.8) is 0 Å². The Morgan fingerprint density at radius 3 is 2.45 bits per heavy atom. The van der Waals surface area contributed by atoms with Crippen molar-refractivity contribution in [2.45, 2.75) is 0 Å². The van der Waals surface area contributed by atoms with Crippen LogP contribution >= 0.6 is 11.6 Å². The van der Waals surface area contributed by atoms with E-state index in [0.29, 0.717) is 16.3 Å². The van der Waals surface area contributed by atoms with E-state index in [1.165, 1.54) is 28.9 Å². The molecule has 0 aliphatic carbocycles. The Morgan fingerprint density at radius 2 is 1.82 bits per heavy atom. The van der Waals surface area contributed by atoms with Gasteiger partial charge in [0, 0.05) is 5.56 Å². The van der Waals surface area contributed by atoms with Gasteiger partial charge in [-0.15, -0.1) is 5.10 Å². The van der Waals surface area contributed by atoms with Crippen LogP contribution in [0.3, 0.4) is 0 Å². The standard InChI is InChI=1S/C15H9ClFN3O2/c16-12-4-2-1-3-11(12)14-13(15(21)22)18-19-20(14)10-7-5-9(17)6-8-10/h1-8H,(H,21,22). The molecular weight excluding hydrogens is 309 g/mol. The molecule has 0 aliphatic heterocycles. The van der Waals surface area contributed by atoms with Gasteiger partial charge in [-0.25, -0.2) is 13.9 Å². The lowest BCUT2D eigenvalue weighted by molar-refractivity contribution is 0.0691. The molecule has 0 saturated carbocycles. The fourth-order valence-corrected chi connectivity index (χ4v) is 2.31. The van der Waals surface area contributed by atoms with Gasteiger partial charge in [0.2, 0.25) is 0 Å². The zero-order chi connectivity index (χ0) is 15.7. The summed E-state index contributed by atoms with van der Waals surface area (Å²) in [7, 11) is 0. The van der Waals surface area contributed by atoms with Crippen LogP contribution in [0.5, 0.6) is 0 Å². The number of rotatable bonds is 3. The maximum atomic E-state index is 13.1. The molecule has 1 heterocycles. The van der Waals surface area contributed by atoms with Gasteiger partial charge in [0.25, 0.3) is 0 Å². The van der Waals surface area contributed by atoms with Crippen molar-refractivity contribution < 1.29 is 14.3 Å². The van der Waals surface area contributed by atoms with Crippen LogP contribution in [0.4, 0.5) is 4.39 Å². The highest BCUT2D eigenvalue weighted by atomic mass is 35.5. The van der Waals surface area contributed by atoms with Gasteiger partial charge in [-0.3, -0.25) is 0 Å². The lowest BCUT2D eigenvalue weighted by Gasteiger charge is -2.08. The van der Waals surface area contributed by atoms with Crippen LogP contribution in [-0.4, -0.2) is 26.1 Å². The first-order valence-corrected chi connectivity index (χ1v) is 6.65. The van der Waals surface area contributed by atoms with Crippen molar-refractivity contribution in [3.05, 3.63) is 65.1 Å². The van der Waals surface area contributed by atoms with Crippen LogP contribution in [-0.2, 0) is 0 Å². The SMILES string of the molecule is O=C(O)c1nnn(-c2ccc(F)cc2)c1-c1ccccc1Cl. The Bertz CT molecular complexity index is 846. The molecular formula is C15H9ClFN3O2. The lowest BCUT2D eigenvalue weighted by Crippen LogP contribution is -2.03. The highest BCUT2D eigenvalue weighted by molar-refractivity contribution is 6.33. The molecule has 0 unspecified atom stereocenters. The van der Waals surface area contributed by atoms with Crippen molar-refractivity contribution in [1.82, 2.24) is 15.0 Å². The third-order valence-corrected chi connectivity index (χ3v) is 3.40. The van der Waals surface area contributed by atoms with E-state index >= 15 is 0 Å². The Hall–Kier alpha value is -2.73. The quantitative estimate of drug-likeness (QED) is 0.803. The van der Waals surface area contributed by atoms with Crippen molar-refractivity contribution >= 4 is 17.6 Å². The number of aromatic nitrogens is 3. The molecule has 7 heteroatoms. The van der Waals surface area contributed by atoms with Gasteiger partial charge in [-0.05, 0) is 30.3 Å². The molecule has 3 aromatic rings. The molecule has 0 bridgehead atoms. The van der Waals surface area contributed by atoms with E-state index < -0.39 is 11.8 Å². The highest BCUT2D eigenvalue weighted by Gasteiger charge is 2.23. The van der Waals surface area contributed by atoms with E-state index in [1.807, 2.05) is 0 Å². The Morgan fingerprint density at radius 1 is 1.14 bits per heavy atom. The first kappa shape index (κ1) is 14.2. The van der Waals surface area contributed by atoms with Crippen molar-refractivity contribution in [2.24, 2.45) is 0 Å². The van der Waals surface area contributed by atoms with Crippen molar-refractivity contribution in [3.8, 4) is 16.9 Å². The maximum Gasteiger partial charge on any atom is 0.358 e. The summed E-state index contributed by atoms with van der Waals surface area (Å²) < 4.78 is 14.4. The second-order valence-corrected chi connectivity index (χ2v) is 4.87. The summed E-state index contributed by atoms with van der Waals surface area (Å²) in [6.07, 6.45) is 0. The first-order valence-electron chi connectivity index (χ1n) is 6.28. The zero-order valence-corrected chi connectivity index (χ0v) is 11.8. The Balaban J connectivity index is 2.27. The zero-order valence-electron chi connectivity index (χ0n) is 11.1. The molecule has 0 spiro atoms. The van der Waals surface area contributed by atoms with Gasteiger partial charge >= 0.3 is 5.97 Å². The molecule has 3 rings (SSSR count). The molecule has 1 N–H and O–H groups in total. The summed E-state index contributed by atoms with van der Waals surface area (Å²) in [4.78, 5) is 11.4. The third-order valence-electron chi connectivity index (χ3n) is 3.07. The predicted molar refractivity (Wildman–Crippen MR) is 78.7 cm³/mol. The fraction of sp³-hybridized carbons (Fsp3) is 0. The van der Waals surface area contributed by atoms with Crippen LogP contribution in [0.1, 0.15) is 10.5 Å². The number of aromatic carboxylic acids is 1. The number of carboxylic acid groups (broad SMARTS) is 1. The van der Waals surface area contributed by atoms with Gasteiger partial charge in [0.15, 0.2) is 5.69 Å². The molecule has 110 valence electrons. The summed E-state index contributed by atoms with van der Waals surface area (Å²) in [5.74, 6) is -1.62. The first-order chi connectivity index (χ1) is 10.6. The second-order valence-electron chi connectivity index (χ2n) is 4.46. The van der Waals surface area contributed by atoms with Gasteiger partial charge in [-0.2, -0.15) is 0 Å². The number of hydrogen-bond donors (Lipinski definition) is 1. The molecule has 2 aromatic carbocycles. The summed E-state index contributed by atoms with van der Waals surface area (Å²) in [6, 6.07) is 12.3. The molecule has 0 amide bonds. The summed E-state index contributed by atoms with van der Waals surface area (Å²) >= 11 is 6.16. The second kappa shape index (κ2) is 5.57. The van der Waals surface area contributed by atoms with Gasteiger partial charge in [0.05, 0.1) is 10.7 Å². The van der Waals surface area contributed by atoms with Crippen molar-refractivity contribution in [1.29, 1.82) is 0 Å². The van der Waals surface area contributed by atoms with Crippen LogP contribution in [0.25, 0.3) is 16.9 Å².